The van der Waals surface area contributed by atoms with E-state index in [9.17, 15) is 9.59 Å². The van der Waals surface area contributed by atoms with Crippen LogP contribution >= 0.6 is 0 Å². The van der Waals surface area contributed by atoms with Crippen molar-refractivity contribution in [2.24, 2.45) is 34.5 Å². The SMILES string of the molecule is O=c1n(-c2ccccc2)c(=O)n2n1C1C3C4C3C3C15CCN(Cc1ccccc1)CCC35C42. The third kappa shape index (κ3) is 1.65. The van der Waals surface area contributed by atoms with Crippen molar-refractivity contribution in [3.63, 3.8) is 0 Å². The van der Waals surface area contributed by atoms with Gasteiger partial charge in [0, 0.05) is 17.4 Å². The molecule has 0 amide bonds. The van der Waals surface area contributed by atoms with Gasteiger partial charge in [0.25, 0.3) is 0 Å². The van der Waals surface area contributed by atoms with E-state index in [0.29, 0.717) is 17.5 Å². The molecular weight excluding hydrogens is 412 g/mol. The minimum Gasteiger partial charge on any atom is -0.299 e. The molecule has 2 spiro atoms. The number of nitrogens with zero attached hydrogens (tertiary/aromatic N) is 4. The van der Waals surface area contributed by atoms with Gasteiger partial charge in [0.1, 0.15) is 0 Å². The molecule has 6 unspecified atom stereocenters. The molecule has 5 fully saturated rings. The second kappa shape index (κ2) is 5.27. The van der Waals surface area contributed by atoms with Gasteiger partial charge < -0.3 is 0 Å². The monoisotopic (exact) mass is 438 g/mol. The van der Waals surface area contributed by atoms with Gasteiger partial charge in [-0.2, -0.15) is 0 Å². The van der Waals surface area contributed by atoms with E-state index in [1.54, 1.807) is 0 Å². The van der Waals surface area contributed by atoms with Gasteiger partial charge in [-0.25, -0.2) is 23.5 Å². The molecule has 2 bridgehead atoms. The van der Waals surface area contributed by atoms with Crippen LogP contribution in [0, 0.1) is 34.5 Å². The standard InChI is InChI=1S/C27H26N4O2/c32-24-29(17-9-5-2-6-10-17)25(33)31-23-20-18-19(20)22(30(24)31)26-11-13-28(14-12-27(23,26)21(18)26)15-16-7-3-1-4-8-16/h1-10,18-23H,11-15H2. The van der Waals surface area contributed by atoms with Gasteiger partial charge in [-0.3, -0.25) is 4.90 Å². The fourth-order valence-corrected chi connectivity index (χ4v) is 10.1. The normalized spacial score (nSPS) is 42.5. The maximum Gasteiger partial charge on any atom is 0.352 e. The van der Waals surface area contributed by atoms with Crippen LogP contribution in [0.2, 0.25) is 0 Å². The van der Waals surface area contributed by atoms with Crippen molar-refractivity contribution >= 4 is 0 Å². The third-order valence-corrected chi connectivity index (χ3v) is 10.7. The zero-order valence-electron chi connectivity index (χ0n) is 18.4. The van der Waals surface area contributed by atoms with E-state index in [0.717, 1.165) is 31.5 Å². The number of hydrogen-bond acceptors (Lipinski definition) is 3. The van der Waals surface area contributed by atoms with E-state index in [4.69, 9.17) is 0 Å². The smallest absolute Gasteiger partial charge is 0.299 e. The molecule has 1 aromatic heterocycles. The summed E-state index contributed by atoms with van der Waals surface area (Å²) in [6, 6.07) is 20.7. The highest BCUT2D eigenvalue weighted by Crippen LogP contribution is 3.03. The summed E-state index contributed by atoms with van der Waals surface area (Å²) in [5.41, 5.74) is 2.31. The Morgan fingerprint density at radius 2 is 1.27 bits per heavy atom. The van der Waals surface area contributed by atoms with Crippen LogP contribution < -0.4 is 11.4 Å². The zero-order valence-corrected chi connectivity index (χ0v) is 18.4. The van der Waals surface area contributed by atoms with Crippen LogP contribution in [-0.2, 0) is 6.54 Å². The summed E-state index contributed by atoms with van der Waals surface area (Å²) in [5.74, 6) is 2.76. The van der Waals surface area contributed by atoms with Gasteiger partial charge in [0.05, 0.1) is 17.8 Å². The highest BCUT2D eigenvalue weighted by molar-refractivity contribution is 5.49. The van der Waals surface area contributed by atoms with Gasteiger partial charge in [0.2, 0.25) is 0 Å². The molecule has 166 valence electrons. The van der Waals surface area contributed by atoms with Crippen molar-refractivity contribution in [3.8, 4) is 5.69 Å². The first kappa shape index (κ1) is 17.6. The summed E-state index contributed by atoms with van der Waals surface area (Å²) in [7, 11) is 0. The molecule has 6 nitrogen and oxygen atoms in total. The van der Waals surface area contributed by atoms with E-state index in [2.05, 4.69) is 35.2 Å². The number of benzene rings is 2. The summed E-state index contributed by atoms with van der Waals surface area (Å²) in [4.78, 5) is 30.0. The second-order valence-corrected chi connectivity index (χ2v) is 11.4. The molecule has 2 aromatic carbocycles. The number of rotatable bonds is 3. The average molecular weight is 439 g/mol. The first-order valence-corrected chi connectivity index (χ1v) is 12.5. The fraction of sp³-hybridized carbons (Fsp3) is 0.481. The molecule has 4 heterocycles. The zero-order chi connectivity index (χ0) is 21.7. The van der Waals surface area contributed by atoms with E-state index in [-0.39, 0.29) is 34.3 Å². The first-order chi connectivity index (χ1) is 16.2. The van der Waals surface area contributed by atoms with Crippen LogP contribution in [-0.4, -0.2) is 31.9 Å². The van der Waals surface area contributed by atoms with Crippen LogP contribution in [0.3, 0.4) is 0 Å². The van der Waals surface area contributed by atoms with E-state index < -0.39 is 0 Å². The molecular formula is C27H26N4O2. The van der Waals surface area contributed by atoms with Gasteiger partial charge in [0.15, 0.2) is 0 Å². The summed E-state index contributed by atoms with van der Waals surface area (Å²) >= 11 is 0. The summed E-state index contributed by atoms with van der Waals surface area (Å²) in [6.07, 6.45) is 2.34. The molecule has 3 aliphatic heterocycles. The Morgan fingerprint density at radius 3 is 1.85 bits per heavy atom. The Bertz CT molecular complexity index is 1390. The molecule has 4 saturated carbocycles. The molecule has 0 N–H and O–H groups in total. The van der Waals surface area contributed by atoms with Gasteiger partial charge >= 0.3 is 11.4 Å². The lowest BCUT2D eigenvalue weighted by molar-refractivity contribution is -0.00192. The topological polar surface area (TPSA) is 52.2 Å². The molecule has 33 heavy (non-hydrogen) atoms. The van der Waals surface area contributed by atoms with Crippen LogP contribution in [0.4, 0.5) is 0 Å². The Labute approximate surface area is 191 Å². The number of hydrogen-bond donors (Lipinski definition) is 0. The van der Waals surface area contributed by atoms with E-state index in [1.807, 2.05) is 39.7 Å². The summed E-state index contributed by atoms with van der Waals surface area (Å²) in [6.45, 7) is 3.19. The van der Waals surface area contributed by atoms with Crippen molar-refractivity contribution < 1.29 is 0 Å². The predicted octanol–water partition coefficient (Wildman–Crippen LogP) is 2.68. The fourth-order valence-electron chi connectivity index (χ4n) is 10.1. The maximum absolute atomic E-state index is 13.7. The summed E-state index contributed by atoms with van der Waals surface area (Å²) in [5, 5.41) is 0. The number of para-hydroxylation sites is 1. The molecule has 4 aliphatic carbocycles. The molecule has 7 aliphatic rings. The molecule has 0 radical (unpaired) electrons. The minimum absolute atomic E-state index is 0.119. The van der Waals surface area contributed by atoms with Crippen LogP contribution in [0.15, 0.2) is 70.3 Å². The molecule has 6 heteroatoms. The molecule has 1 saturated heterocycles. The lowest BCUT2D eigenvalue weighted by atomic mass is 9.69. The van der Waals surface area contributed by atoms with E-state index >= 15 is 0 Å². The van der Waals surface area contributed by atoms with Crippen molar-refractivity contribution in [1.82, 2.24) is 18.8 Å². The summed E-state index contributed by atoms with van der Waals surface area (Å²) < 4.78 is 5.32. The van der Waals surface area contributed by atoms with Gasteiger partial charge in [-0.15, -0.1) is 0 Å². The van der Waals surface area contributed by atoms with Crippen LogP contribution in [0.5, 0.6) is 0 Å². The van der Waals surface area contributed by atoms with Gasteiger partial charge in [-0.1, -0.05) is 48.5 Å². The third-order valence-electron chi connectivity index (χ3n) is 10.7. The predicted molar refractivity (Wildman–Crippen MR) is 122 cm³/mol. The molecule has 6 atom stereocenters. The van der Waals surface area contributed by atoms with Crippen molar-refractivity contribution in [2.75, 3.05) is 13.1 Å². The second-order valence-electron chi connectivity index (χ2n) is 11.4. The Hall–Kier alpha value is -2.86. The van der Waals surface area contributed by atoms with Crippen LogP contribution in [0.1, 0.15) is 30.5 Å². The minimum atomic E-state index is -0.119. The van der Waals surface area contributed by atoms with Crippen molar-refractivity contribution in [3.05, 3.63) is 87.2 Å². The number of aromatic nitrogens is 3. The molecule has 3 aromatic rings. The lowest BCUT2D eigenvalue weighted by Gasteiger charge is -2.47. The Balaban J connectivity index is 1.16. The van der Waals surface area contributed by atoms with Crippen LogP contribution in [0.25, 0.3) is 5.69 Å². The van der Waals surface area contributed by atoms with Gasteiger partial charge in [-0.05, 0) is 67.3 Å². The highest BCUT2D eigenvalue weighted by Gasteiger charge is 3.02. The average Bonchev–Trinajstić information content (AvgIpc) is 3.62. The molecule has 10 rings (SSSR count). The first-order valence-electron chi connectivity index (χ1n) is 12.5. The number of likely N-dealkylation sites (tertiary alicyclic amines) is 1. The van der Waals surface area contributed by atoms with E-state index in [1.165, 1.54) is 23.0 Å². The largest absolute Gasteiger partial charge is 0.352 e. The van der Waals surface area contributed by atoms with Crippen molar-refractivity contribution in [2.45, 2.75) is 31.5 Å². The van der Waals surface area contributed by atoms with Crippen molar-refractivity contribution in [1.29, 1.82) is 0 Å². The Morgan fingerprint density at radius 1 is 0.727 bits per heavy atom. The maximum atomic E-state index is 13.7. The highest BCUT2D eigenvalue weighted by atomic mass is 16.2. The lowest BCUT2D eigenvalue weighted by Crippen LogP contribution is -2.52. The Kier molecular flexibility index (Phi) is 2.81. The quantitative estimate of drug-likeness (QED) is 0.632.